The van der Waals surface area contributed by atoms with Crippen LogP contribution in [0.1, 0.15) is 27.2 Å². The molecule has 2 heteroatoms. The van der Waals surface area contributed by atoms with E-state index >= 15 is 0 Å². The highest BCUT2D eigenvalue weighted by Crippen LogP contribution is 2.26. The molecule has 1 aliphatic heterocycles. The molecule has 1 atom stereocenters. The van der Waals surface area contributed by atoms with Gasteiger partial charge >= 0.3 is 0 Å². The third-order valence-electron chi connectivity index (χ3n) is 2.22. The van der Waals surface area contributed by atoms with Crippen molar-refractivity contribution in [2.24, 2.45) is 10.9 Å². The van der Waals surface area contributed by atoms with Gasteiger partial charge in [-0.15, -0.1) is 0 Å². The summed E-state index contributed by atoms with van der Waals surface area (Å²) in [5.74, 6) is 0.447. The highest BCUT2D eigenvalue weighted by Gasteiger charge is 2.25. The molecule has 0 aromatic rings. The van der Waals surface area contributed by atoms with Crippen LogP contribution in [0.15, 0.2) is 17.1 Å². The highest BCUT2D eigenvalue weighted by molar-refractivity contribution is 5.48. The fourth-order valence-electron chi connectivity index (χ4n) is 1.37. The third-order valence-corrected chi connectivity index (χ3v) is 2.22. The predicted molar refractivity (Wildman–Crippen MR) is 51.4 cm³/mol. The molecule has 0 aromatic carbocycles. The van der Waals surface area contributed by atoms with Crippen molar-refractivity contribution in [3.63, 3.8) is 0 Å². The van der Waals surface area contributed by atoms with E-state index in [1.54, 1.807) is 6.40 Å². The summed E-state index contributed by atoms with van der Waals surface area (Å²) in [5.41, 5.74) is 1.19. The minimum Gasteiger partial charge on any atom is -0.483 e. The van der Waals surface area contributed by atoms with E-state index in [2.05, 4.69) is 32.3 Å². The first-order valence-electron chi connectivity index (χ1n) is 4.32. The largest absolute Gasteiger partial charge is 0.483 e. The monoisotopic (exact) mass is 167 g/mol. The molecule has 0 N–H and O–H groups in total. The van der Waals surface area contributed by atoms with Crippen molar-refractivity contribution in [3.8, 4) is 0 Å². The zero-order valence-electron chi connectivity index (χ0n) is 8.13. The molecule has 1 unspecified atom stereocenters. The summed E-state index contributed by atoms with van der Waals surface area (Å²) in [6.45, 7) is 11.0. The fraction of sp³-hybridized carbons (Fsp3) is 0.700. The average Bonchev–Trinajstić information content (AvgIpc) is 2.10. The van der Waals surface area contributed by atoms with Crippen LogP contribution in [0.2, 0.25) is 0 Å². The van der Waals surface area contributed by atoms with Crippen LogP contribution in [0.3, 0.4) is 0 Å². The van der Waals surface area contributed by atoms with Crippen LogP contribution in [0.5, 0.6) is 0 Å². The maximum atomic E-state index is 5.25. The van der Waals surface area contributed by atoms with Gasteiger partial charge in [0.25, 0.3) is 0 Å². The van der Waals surface area contributed by atoms with Gasteiger partial charge < -0.3 is 4.74 Å². The smallest absolute Gasteiger partial charge is 0.169 e. The van der Waals surface area contributed by atoms with Crippen LogP contribution in [0.4, 0.5) is 0 Å². The third kappa shape index (κ3) is 2.36. The molecule has 0 amide bonds. The SMILES string of the molecule is C=C(C)C1COC=NC(C)(C)C1. The van der Waals surface area contributed by atoms with E-state index in [0.29, 0.717) is 5.92 Å². The summed E-state index contributed by atoms with van der Waals surface area (Å²) in [7, 11) is 0. The summed E-state index contributed by atoms with van der Waals surface area (Å²) >= 11 is 0. The minimum absolute atomic E-state index is 0.000116. The van der Waals surface area contributed by atoms with Gasteiger partial charge in [-0.1, -0.05) is 12.2 Å². The lowest BCUT2D eigenvalue weighted by Crippen LogP contribution is -2.21. The fourth-order valence-corrected chi connectivity index (χ4v) is 1.37. The van der Waals surface area contributed by atoms with E-state index < -0.39 is 0 Å². The van der Waals surface area contributed by atoms with Crippen molar-refractivity contribution in [1.82, 2.24) is 0 Å². The van der Waals surface area contributed by atoms with Gasteiger partial charge in [0, 0.05) is 5.92 Å². The van der Waals surface area contributed by atoms with E-state index in [4.69, 9.17) is 4.74 Å². The molecule has 0 bridgehead atoms. The Bertz CT molecular complexity index is 206. The molecule has 1 aliphatic rings. The maximum absolute atomic E-state index is 5.25. The standard InChI is InChI=1S/C10H17NO/c1-8(2)9-5-10(3,4)11-7-12-6-9/h7,9H,1,5-6H2,2-4H3. The van der Waals surface area contributed by atoms with E-state index in [1.165, 1.54) is 5.57 Å². The van der Waals surface area contributed by atoms with Crippen molar-refractivity contribution >= 4 is 6.40 Å². The van der Waals surface area contributed by atoms with Crippen molar-refractivity contribution in [2.45, 2.75) is 32.7 Å². The first-order valence-corrected chi connectivity index (χ1v) is 4.32. The Balaban J connectivity index is 2.67. The number of hydrogen-bond acceptors (Lipinski definition) is 2. The Kier molecular flexibility index (Phi) is 2.55. The van der Waals surface area contributed by atoms with E-state index in [-0.39, 0.29) is 5.54 Å². The molecular weight excluding hydrogens is 150 g/mol. The summed E-state index contributed by atoms with van der Waals surface area (Å²) in [6.07, 6.45) is 2.60. The Morgan fingerprint density at radius 3 is 2.92 bits per heavy atom. The first-order chi connectivity index (χ1) is 5.51. The molecule has 0 saturated carbocycles. The van der Waals surface area contributed by atoms with Gasteiger partial charge in [0.1, 0.15) is 0 Å². The molecule has 1 heterocycles. The number of nitrogens with zero attached hydrogens (tertiary/aromatic N) is 1. The average molecular weight is 167 g/mol. The molecule has 0 aromatic heterocycles. The zero-order chi connectivity index (χ0) is 9.19. The Morgan fingerprint density at radius 1 is 1.67 bits per heavy atom. The maximum Gasteiger partial charge on any atom is 0.169 e. The Hall–Kier alpha value is -0.790. The van der Waals surface area contributed by atoms with Gasteiger partial charge in [0.15, 0.2) is 6.40 Å². The minimum atomic E-state index is 0.000116. The van der Waals surface area contributed by atoms with Crippen molar-refractivity contribution in [2.75, 3.05) is 6.61 Å². The first kappa shape index (κ1) is 9.30. The zero-order valence-corrected chi connectivity index (χ0v) is 8.13. The second-order valence-electron chi connectivity index (χ2n) is 4.13. The molecule has 2 nitrogen and oxygen atoms in total. The lowest BCUT2D eigenvalue weighted by atomic mass is 9.88. The van der Waals surface area contributed by atoms with Crippen LogP contribution < -0.4 is 0 Å². The summed E-state index contributed by atoms with van der Waals surface area (Å²) in [6, 6.07) is 0. The summed E-state index contributed by atoms with van der Waals surface area (Å²) in [5, 5.41) is 0. The van der Waals surface area contributed by atoms with Crippen molar-refractivity contribution in [3.05, 3.63) is 12.2 Å². The van der Waals surface area contributed by atoms with Crippen LogP contribution >= 0.6 is 0 Å². The second-order valence-corrected chi connectivity index (χ2v) is 4.13. The van der Waals surface area contributed by atoms with Gasteiger partial charge in [-0.05, 0) is 27.2 Å². The summed E-state index contributed by atoms with van der Waals surface area (Å²) in [4.78, 5) is 4.30. The lowest BCUT2D eigenvalue weighted by Gasteiger charge is -2.22. The molecule has 0 aliphatic carbocycles. The van der Waals surface area contributed by atoms with Gasteiger partial charge in [-0.2, -0.15) is 0 Å². The van der Waals surface area contributed by atoms with Gasteiger partial charge in [0.2, 0.25) is 0 Å². The molecule has 12 heavy (non-hydrogen) atoms. The van der Waals surface area contributed by atoms with E-state index in [1.807, 2.05) is 0 Å². The van der Waals surface area contributed by atoms with Gasteiger partial charge in [-0.3, -0.25) is 4.99 Å². The quantitative estimate of drug-likeness (QED) is 0.549. The van der Waals surface area contributed by atoms with Crippen LogP contribution in [-0.2, 0) is 4.74 Å². The molecule has 0 spiro atoms. The van der Waals surface area contributed by atoms with Gasteiger partial charge in [0.05, 0.1) is 12.1 Å². The summed E-state index contributed by atoms with van der Waals surface area (Å²) < 4.78 is 5.25. The molecule has 0 radical (unpaired) electrons. The Morgan fingerprint density at radius 2 is 2.33 bits per heavy atom. The normalized spacial score (nSPS) is 27.4. The number of rotatable bonds is 1. The lowest BCUT2D eigenvalue weighted by molar-refractivity contribution is 0.262. The molecule has 68 valence electrons. The molecule has 0 saturated heterocycles. The molecular formula is C10H17NO. The van der Waals surface area contributed by atoms with E-state index in [0.717, 1.165) is 13.0 Å². The van der Waals surface area contributed by atoms with Crippen molar-refractivity contribution < 1.29 is 4.74 Å². The molecule has 1 rings (SSSR count). The van der Waals surface area contributed by atoms with Crippen LogP contribution in [-0.4, -0.2) is 18.5 Å². The van der Waals surface area contributed by atoms with Crippen LogP contribution in [0, 0.1) is 5.92 Å². The predicted octanol–water partition coefficient (Wildman–Crippen LogP) is 2.41. The van der Waals surface area contributed by atoms with Crippen LogP contribution in [0.25, 0.3) is 0 Å². The topological polar surface area (TPSA) is 21.6 Å². The number of aliphatic imine (C=N–C) groups is 1. The Labute approximate surface area is 74.3 Å². The highest BCUT2D eigenvalue weighted by atomic mass is 16.5. The van der Waals surface area contributed by atoms with E-state index in [9.17, 15) is 0 Å². The van der Waals surface area contributed by atoms with Gasteiger partial charge in [-0.25, -0.2) is 0 Å². The number of hydrogen-bond donors (Lipinski definition) is 0. The van der Waals surface area contributed by atoms with Crippen molar-refractivity contribution in [1.29, 1.82) is 0 Å². The number of ether oxygens (including phenoxy) is 1. The second kappa shape index (κ2) is 3.30. The molecule has 0 fully saturated rings.